The topological polar surface area (TPSA) is 47.0 Å². The van der Waals surface area contributed by atoms with Crippen LogP contribution in [0.1, 0.15) is 30.9 Å². The van der Waals surface area contributed by atoms with Gasteiger partial charge in [0.1, 0.15) is 17.4 Å². The average Bonchev–Trinajstić information content (AvgIpc) is 2.47. The van der Waals surface area contributed by atoms with E-state index in [1.54, 1.807) is 7.11 Å². The van der Waals surface area contributed by atoms with Crippen molar-refractivity contribution in [3.8, 4) is 5.75 Å². The number of nitrogens with one attached hydrogen (secondary N) is 1. The SMILES string of the molecule is CNc1cc(CC(C)C)nc(Cc2ccc(OC)cc2)n1. The van der Waals surface area contributed by atoms with E-state index in [2.05, 4.69) is 41.3 Å². The number of ether oxygens (including phenoxy) is 1. The minimum atomic E-state index is 0.582. The first-order valence-corrected chi connectivity index (χ1v) is 7.28. The Morgan fingerprint density at radius 1 is 1.14 bits per heavy atom. The molecule has 21 heavy (non-hydrogen) atoms. The number of methoxy groups -OCH3 is 1. The van der Waals surface area contributed by atoms with Gasteiger partial charge in [0.2, 0.25) is 0 Å². The number of aromatic nitrogens is 2. The Labute approximate surface area is 126 Å². The molecule has 1 aromatic heterocycles. The van der Waals surface area contributed by atoms with Gasteiger partial charge in [-0.25, -0.2) is 9.97 Å². The molecule has 1 heterocycles. The molecule has 4 nitrogen and oxygen atoms in total. The third-order valence-electron chi connectivity index (χ3n) is 3.22. The van der Waals surface area contributed by atoms with E-state index in [4.69, 9.17) is 4.74 Å². The average molecular weight is 285 g/mol. The predicted molar refractivity (Wildman–Crippen MR) is 85.9 cm³/mol. The quantitative estimate of drug-likeness (QED) is 0.884. The van der Waals surface area contributed by atoms with Crippen LogP contribution < -0.4 is 10.1 Å². The summed E-state index contributed by atoms with van der Waals surface area (Å²) in [4.78, 5) is 9.22. The Balaban J connectivity index is 2.20. The molecule has 0 bridgehead atoms. The highest BCUT2D eigenvalue weighted by Gasteiger charge is 2.07. The van der Waals surface area contributed by atoms with Crippen molar-refractivity contribution in [2.24, 2.45) is 5.92 Å². The Morgan fingerprint density at radius 3 is 2.43 bits per heavy atom. The summed E-state index contributed by atoms with van der Waals surface area (Å²) >= 11 is 0. The smallest absolute Gasteiger partial charge is 0.135 e. The zero-order valence-corrected chi connectivity index (χ0v) is 13.2. The molecule has 2 rings (SSSR count). The van der Waals surface area contributed by atoms with Crippen molar-refractivity contribution in [3.63, 3.8) is 0 Å². The van der Waals surface area contributed by atoms with Gasteiger partial charge in [0.15, 0.2) is 0 Å². The van der Waals surface area contributed by atoms with Crippen LogP contribution in [0.15, 0.2) is 30.3 Å². The number of hydrogen-bond acceptors (Lipinski definition) is 4. The van der Waals surface area contributed by atoms with Gasteiger partial charge in [-0.2, -0.15) is 0 Å². The van der Waals surface area contributed by atoms with Gasteiger partial charge in [-0.3, -0.25) is 0 Å². The normalized spacial score (nSPS) is 10.7. The molecule has 0 fully saturated rings. The highest BCUT2D eigenvalue weighted by atomic mass is 16.5. The van der Waals surface area contributed by atoms with Crippen molar-refractivity contribution in [1.82, 2.24) is 9.97 Å². The van der Waals surface area contributed by atoms with Crippen LogP contribution in [-0.2, 0) is 12.8 Å². The Kier molecular flexibility index (Phi) is 5.14. The fourth-order valence-electron chi connectivity index (χ4n) is 2.21. The molecule has 0 aliphatic rings. The van der Waals surface area contributed by atoms with Crippen LogP contribution in [-0.4, -0.2) is 24.1 Å². The highest BCUT2D eigenvalue weighted by molar-refractivity contribution is 5.36. The largest absolute Gasteiger partial charge is 0.497 e. The van der Waals surface area contributed by atoms with Crippen molar-refractivity contribution in [3.05, 3.63) is 47.4 Å². The molecule has 1 aromatic carbocycles. The van der Waals surface area contributed by atoms with E-state index in [1.165, 1.54) is 5.56 Å². The highest BCUT2D eigenvalue weighted by Crippen LogP contribution is 2.16. The zero-order chi connectivity index (χ0) is 15.2. The van der Waals surface area contributed by atoms with Crippen LogP contribution in [0.4, 0.5) is 5.82 Å². The maximum absolute atomic E-state index is 5.18. The lowest BCUT2D eigenvalue weighted by molar-refractivity contribution is 0.414. The fraction of sp³-hybridized carbons (Fsp3) is 0.412. The van der Waals surface area contributed by atoms with Crippen LogP contribution in [0.25, 0.3) is 0 Å². The number of nitrogens with zero attached hydrogens (tertiary/aromatic N) is 2. The minimum absolute atomic E-state index is 0.582. The van der Waals surface area contributed by atoms with Crippen molar-refractivity contribution in [2.75, 3.05) is 19.5 Å². The molecule has 0 aliphatic heterocycles. The molecule has 1 N–H and O–H groups in total. The molecule has 112 valence electrons. The first-order chi connectivity index (χ1) is 10.1. The van der Waals surface area contributed by atoms with E-state index in [-0.39, 0.29) is 0 Å². The number of hydrogen-bond donors (Lipinski definition) is 1. The fourth-order valence-corrected chi connectivity index (χ4v) is 2.21. The second kappa shape index (κ2) is 7.07. The van der Waals surface area contributed by atoms with Crippen molar-refractivity contribution in [2.45, 2.75) is 26.7 Å². The molecule has 0 radical (unpaired) electrons. The second-order valence-corrected chi connectivity index (χ2v) is 5.53. The third kappa shape index (κ3) is 4.45. The standard InChI is InChI=1S/C17H23N3O/c1-12(2)9-14-11-16(18-3)20-17(19-14)10-13-5-7-15(21-4)8-6-13/h5-8,11-12H,9-10H2,1-4H3,(H,18,19,20). The number of rotatable bonds is 6. The van der Waals surface area contributed by atoms with Crippen LogP contribution in [0, 0.1) is 5.92 Å². The molecule has 2 aromatic rings. The summed E-state index contributed by atoms with van der Waals surface area (Å²) in [5.41, 5.74) is 2.27. The van der Waals surface area contributed by atoms with E-state index in [0.29, 0.717) is 5.92 Å². The summed E-state index contributed by atoms with van der Waals surface area (Å²) < 4.78 is 5.18. The van der Waals surface area contributed by atoms with Crippen LogP contribution in [0.3, 0.4) is 0 Å². The molecule has 0 amide bonds. The van der Waals surface area contributed by atoms with Gasteiger partial charge in [0, 0.05) is 25.2 Å². The van der Waals surface area contributed by atoms with Crippen LogP contribution >= 0.6 is 0 Å². The zero-order valence-electron chi connectivity index (χ0n) is 13.2. The lowest BCUT2D eigenvalue weighted by Crippen LogP contribution is -2.06. The van der Waals surface area contributed by atoms with E-state index in [9.17, 15) is 0 Å². The van der Waals surface area contributed by atoms with E-state index >= 15 is 0 Å². The molecular formula is C17H23N3O. The molecule has 0 saturated carbocycles. The van der Waals surface area contributed by atoms with E-state index in [1.807, 2.05) is 25.2 Å². The number of benzene rings is 1. The summed E-state index contributed by atoms with van der Waals surface area (Å²) in [6, 6.07) is 10.1. The maximum Gasteiger partial charge on any atom is 0.135 e. The van der Waals surface area contributed by atoms with Gasteiger partial charge < -0.3 is 10.1 Å². The van der Waals surface area contributed by atoms with Gasteiger partial charge >= 0.3 is 0 Å². The summed E-state index contributed by atoms with van der Waals surface area (Å²) in [5, 5.41) is 3.11. The van der Waals surface area contributed by atoms with Crippen molar-refractivity contribution >= 4 is 5.82 Å². The van der Waals surface area contributed by atoms with Crippen molar-refractivity contribution in [1.29, 1.82) is 0 Å². The minimum Gasteiger partial charge on any atom is -0.497 e. The van der Waals surface area contributed by atoms with Crippen LogP contribution in [0.2, 0.25) is 0 Å². The molecular weight excluding hydrogens is 262 g/mol. The van der Waals surface area contributed by atoms with Gasteiger partial charge in [-0.15, -0.1) is 0 Å². The molecule has 0 spiro atoms. The second-order valence-electron chi connectivity index (χ2n) is 5.53. The van der Waals surface area contributed by atoms with Crippen molar-refractivity contribution < 1.29 is 4.74 Å². The summed E-state index contributed by atoms with van der Waals surface area (Å²) in [5.74, 6) is 3.18. The molecule has 4 heteroatoms. The third-order valence-corrected chi connectivity index (χ3v) is 3.22. The maximum atomic E-state index is 5.18. The van der Waals surface area contributed by atoms with Gasteiger partial charge in [-0.05, 0) is 30.0 Å². The monoisotopic (exact) mass is 285 g/mol. The Hall–Kier alpha value is -2.10. The molecule has 0 atom stereocenters. The first-order valence-electron chi connectivity index (χ1n) is 7.28. The van der Waals surface area contributed by atoms with Gasteiger partial charge in [-0.1, -0.05) is 26.0 Å². The molecule has 0 saturated heterocycles. The lowest BCUT2D eigenvalue weighted by atomic mass is 10.1. The Bertz CT molecular complexity index is 579. The summed E-state index contributed by atoms with van der Waals surface area (Å²) in [6.07, 6.45) is 1.69. The van der Waals surface area contributed by atoms with E-state index < -0.39 is 0 Å². The van der Waals surface area contributed by atoms with Crippen LogP contribution in [0.5, 0.6) is 5.75 Å². The molecule has 0 aliphatic carbocycles. The summed E-state index contributed by atoms with van der Waals surface area (Å²) in [6.45, 7) is 4.40. The predicted octanol–water partition coefficient (Wildman–Crippen LogP) is 3.32. The lowest BCUT2D eigenvalue weighted by Gasteiger charge is -2.10. The van der Waals surface area contributed by atoms with Gasteiger partial charge in [0.25, 0.3) is 0 Å². The van der Waals surface area contributed by atoms with Gasteiger partial charge in [0.05, 0.1) is 7.11 Å². The summed E-state index contributed by atoms with van der Waals surface area (Å²) in [7, 11) is 3.56. The van der Waals surface area contributed by atoms with E-state index in [0.717, 1.165) is 35.9 Å². The number of anilines is 1. The first kappa shape index (κ1) is 15.3. The Morgan fingerprint density at radius 2 is 1.86 bits per heavy atom. The molecule has 0 unspecified atom stereocenters.